The van der Waals surface area contributed by atoms with Crippen LogP contribution in [0.2, 0.25) is 0 Å². The van der Waals surface area contributed by atoms with Gasteiger partial charge in [-0.15, -0.1) is 0 Å². The first-order valence-electron chi connectivity index (χ1n) is 16.4. The van der Waals surface area contributed by atoms with Crippen molar-refractivity contribution in [3.63, 3.8) is 0 Å². The van der Waals surface area contributed by atoms with Crippen LogP contribution < -0.4 is 4.90 Å². The van der Waals surface area contributed by atoms with Crippen LogP contribution in [0.15, 0.2) is 180 Å². The standard InChI is InChI=1S/C46H29NO/c1-2-14-33-29-45-42(28-32(33)13-1)41-20-10-19-40(46(41)48-45)39-18-7-8-21-44(39)47(43-22-9-15-30-11-4-6-17-38(30)43)35-25-26-37-34(27-35)24-23-31-12-3-5-16-36(31)37/h1-29H. The lowest BCUT2D eigenvalue weighted by molar-refractivity contribution is 0.670. The van der Waals surface area contributed by atoms with E-state index in [1.54, 1.807) is 0 Å². The van der Waals surface area contributed by atoms with Crippen molar-refractivity contribution in [2.75, 3.05) is 4.90 Å². The summed E-state index contributed by atoms with van der Waals surface area (Å²) in [5.41, 5.74) is 7.30. The molecule has 0 atom stereocenters. The van der Waals surface area contributed by atoms with E-state index in [9.17, 15) is 0 Å². The lowest BCUT2D eigenvalue weighted by atomic mass is 9.97. The van der Waals surface area contributed by atoms with E-state index in [0.29, 0.717) is 0 Å². The van der Waals surface area contributed by atoms with Crippen molar-refractivity contribution in [1.29, 1.82) is 0 Å². The highest BCUT2D eigenvalue weighted by molar-refractivity contribution is 6.15. The van der Waals surface area contributed by atoms with E-state index in [1.807, 2.05) is 0 Å². The molecule has 0 aliphatic carbocycles. The quantitative estimate of drug-likeness (QED) is 0.184. The number of furan rings is 1. The zero-order valence-corrected chi connectivity index (χ0v) is 26.1. The average molecular weight is 612 g/mol. The van der Waals surface area contributed by atoms with Crippen molar-refractivity contribution in [2.24, 2.45) is 0 Å². The van der Waals surface area contributed by atoms with Crippen LogP contribution in [-0.4, -0.2) is 0 Å². The maximum absolute atomic E-state index is 6.74. The summed E-state index contributed by atoms with van der Waals surface area (Å²) in [5.74, 6) is 0. The molecule has 0 unspecified atom stereocenters. The molecule has 9 aromatic carbocycles. The van der Waals surface area contributed by atoms with Gasteiger partial charge in [-0.1, -0.05) is 140 Å². The number of nitrogens with zero attached hydrogens (tertiary/aromatic N) is 1. The van der Waals surface area contributed by atoms with Gasteiger partial charge in [0, 0.05) is 33.0 Å². The van der Waals surface area contributed by atoms with Crippen LogP contribution in [0.3, 0.4) is 0 Å². The summed E-state index contributed by atoms with van der Waals surface area (Å²) in [6, 6.07) is 63.3. The normalized spacial score (nSPS) is 11.8. The summed E-state index contributed by atoms with van der Waals surface area (Å²) < 4.78 is 6.74. The first-order valence-corrected chi connectivity index (χ1v) is 16.4. The molecule has 0 fully saturated rings. The highest BCUT2D eigenvalue weighted by Gasteiger charge is 2.22. The number of benzene rings is 9. The Morgan fingerprint density at radius 1 is 0.333 bits per heavy atom. The Kier molecular flexibility index (Phi) is 5.91. The van der Waals surface area contributed by atoms with Crippen LogP contribution >= 0.6 is 0 Å². The second-order valence-electron chi connectivity index (χ2n) is 12.5. The van der Waals surface area contributed by atoms with E-state index in [0.717, 1.165) is 50.1 Å². The zero-order valence-electron chi connectivity index (χ0n) is 26.1. The van der Waals surface area contributed by atoms with Crippen LogP contribution in [0.25, 0.3) is 76.2 Å². The van der Waals surface area contributed by atoms with E-state index >= 15 is 0 Å². The third-order valence-corrected chi connectivity index (χ3v) is 9.79. The highest BCUT2D eigenvalue weighted by atomic mass is 16.3. The zero-order chi connectivity index (χ0) is 31.6. The van der Waals surface area contributed by atoms with Crippen molar-refractivity contribution in [3.05, 3.63) is 176 Å². The lowest BCUT2D eigenvalue weighted by Crippen LogP contribution is -2.11. The van der Waals surface area contributed by atoms with Crippen molar-refractivity contribution < 1.29 is 4.42 Å². The van der Waals surface area contributed by atoms with Gasteiger partial charge >= 0.3 is 0 Å². The Morgan fingerprint density at radius 3 is 1.79 bits per heavy atom. The number of anilines is 3. The van der Waals surface area contributed by atoms with Crippen LogP contribution in [0, 0.1) is 0 Å². The lowest BCUT2D eigenvalue weighted by Gasteiger charge is -2.29. The molecule has 0 radical (unpaired) electrons. The molecular weight excluding hydrogens is 583 g/mol. The van der Waals surface area contributed by atoms with Gasteiger partial charge in [-0.2, -0.15) is 0 Å². The van der Waals surface area contributed by atoms with Gasteiger partial charge in [0.1, 0.15) is 11.2 Å². The SMILES string of the molecule is c1ccc(N(c2ccc3c(ccc4ccccc43)c2)c2cccc3ccccc23)c(-c2cccc3c2oc2cc4ccccc4cc23)c1. The van der Waals surface area contributed by atoms with Gasteiger partial charge in [-0.25, -0.2) is 0 Å². The Balaban J connectivity index is 1.24. The molecule has 0 saturated heterocycles. The van der Waals surface area contributed by atoms with Crippen LogP contribution in [0.4, 0.5) is 17.1 Å². The van der Waals surface area contributed by atoms with Gasteiger partial charge in [-0.3, -0.25) is 0 Å². The number of hydrogen-bond acceptors (Lipinski definition) is 2. The first kappa shape index (κ1) is 26.8. The second-order valence-corrected chi connectivity index (χ2v) is 12.5. The molecule has 0 spiro atoms. The van der Waals surface area contributed by atoms with Crippen LogP contribution in [0.1, 0.15) is 0 Å². The third-order valence-electron chi connectivity index (χ3n) is 9.79. The molecule has 2 heteroatoms. The van der Waals surface area contributed by atoms with Gasteiger partial charge in [0.25, 0.3) is 0 Å². The highest BCUT2D eigenvalue weighted by Crippen LogP contribution is 2.46. The first-order chi connectivity index (χ1) is 23.8. The molecule has 0 N–H and O–H groups in total. The summed E-state index contributed by atoms with van der Waals surface area (Å²) in [4.78, 5) is 2.42. The predicted octanol–water partition coefficient (Wildman–Crippen LogP) is 13.3. The molecule has 0 aliphatic rings. The smallest absolute Gasteiger partial charge is 0.143 e. The minimum atomic E-state index is 0.901. The minimum absolute atomic E-state index is 0.901. The van der Waals surface area contributed by atoms with Crippen molar-refractivity contribution in [2.45, 2.75) is 0 Å². The molecule has 10 rings (SSSR count). The molecule has 1 heterocycles. The summed E-state index contributed by atoms with van der Waals surface area (Å²) >= 11 is 0. The topological polar surface area (TPSA) is 16.4 Å². The Labute approximate surface area is 277 Å². The fraction of sp³-hybridized carbons (Fsp3) is 0. The molecule has 0 amide bonds. The Hall–Kier alpha value is -6.38. The fourth-order valence-corrected chi connectivity index (χ4v) is 7.54. The van der Waals surface area contributed by atoms with E-state index in [1.165, 1.54) is 43.1 Å². The summed E-state index contributed by atoms with van der Waals surface area (Å²) in [5, 5.41) is 12.0. The maximum Gasteiger partial charge on any atom is 0.143 e. The van der Waals surface area contributed by atoms with Crippen LogP contribution in [-0.2, 0) is 0 Å². The van der Waals surface area contributed by atoms with E-state index in [2.05, 4.69) is 181 Å². The van der Waals surface area contributed by atoms with Gasteiger partial charge in [-0.05, 0) is 74.1 Å². The van der Waals surface area contributed by atoms with Gasteiger partial charge in [0.15, 0.2) is 0 Å². The van der Waals surface area contributed by atoms with Gasteiger partial charge < -0.3 is 9.32 Å². The number of hydrogen-bond donors (Lipinski definition) is 0. The van der Waals surface area contributed by atoms with Crippen LogP contribution in [0.5, 0.6) is 0 Å². The maximum atomic E-state index is 6.74. The molecule has 48 heavy (non-hydrogen) atoms. The van der Waals surface area contributed by atoms with Crippen molar-refractivity contribution in [1.82, 2.24) is 0 Å². The van der Waals surface area contributed by atoms with E-state index in [-0.39, 0.29) is 0 Å². The fourth-order valence-electron chi connectivity index (χ4n) is 7.54. The minimum Gasteiger partial charge on any atom is -0.455 e. The van der Waals surface area contributed by atoms with Gasteiger partial charge in [0.05, 0.1) is 11.4 Å². The molecule has 0 saturated carbocycles. The number of rotatable bonds is 4. The molecular formula is C46H29NO. The molecule has 0 aliphatic heterocycles. The summed E-state index contributed by atoms with van der Waals surface area (Å²) in [6.07, 6.45) is 0. The molecule has 1 aromatic heterocycles. The summed E-state index contributed by atoms with van der Waals surface area (Å²) in [7, 11) is 0. The van der Waals surface area contributed by atoms with E-state index < -0.39 is 0 Å². The molecule has 224 valence electrons. The number of fused-ring (bicyclic) bond motifs is 8. The molecule has 10 aromatic rings. The van der Waals surface area contributed by atoms with Crippen molar-refractivity contribution >= 4 is 82.1 Å². The average Bonchev–Trinajstić information content (AvgIpc) is 3.52. The predicted molar refractivity (Wildman–Crippen MR) is 204 cm³/mol. The Morgan fingerprint density at radius 2 is 0.917 bits per heavy atom. The summed E-state index contributed by atoms with van der Waals surface area (Å²) in [6.45, 7) is 0. The monoisotopic (exact) mass is 611 g/mol. The largest absolute Gasteiger partial charge is 0.455 e. The van der Waals surface area contributed by atoms with Crippen molar-refractivity contribution in [3.8, 4) is 11.1 Å². The second kappa shape index (κ2) is 10.6. The number of para-hydroxylation sites is 2. The Bertz CT molecular complexity index is 2860. The van der Waals surface area contributed by atoms with Gasteiger partial charge in [0.2, 0.25) is 0 Å². The van der Waals surface area contributed by atoms with E-state index in [4.69, 9.17) is 4.42 Å². The molecule has 2 nitrogen and oxygen atoms in total. The molecule has 0 bridgehead atoms. The third kappa shape index (κ3) is 4.13.